The minimum absolute atomic E-state index is 0.0704. The third-order valence-corrected chi connectivity index (χ3v) is 3.10. The van der Waals surface area contributed by atoms with Crippen molar-refractivity contribution in [3.8, 4) is 0 Å². The van der Waals surface area contributed by atoms with Crippen molar-refractivity contribution in [1.29, 1.82) is 0 Å². The molecule has 0 unspecified atom stereocenters. The Bertz CT molecular complexity index is 608. The first-order chi connectivity index (χ1) is 8.79. The second kappa shape index (κ2) is 4.70. The molecule has 1 N–H and O–H groups in total. The van der Waals surface area contributed by atoms with Crippen molar-refractivity contribution in [2.24, 2.45) is 7.05 Å². The molecule has 1 amide bonds. The van der Waals surface area contributed by atoms with E-state index < -0.39 is 5.60 Å². The van der Waals surface area contributed by atoms with Crippen LogP contribution < -0.4 is 0 Å². The number of para-hydroxylation sites is 1. The summed E-state index contributed by atoms with van der Waals surface area (Å²) in [7, 11) is 3.64. The van der Waals surface area contributed by atoms with Crippen LogP contribution in [-0.4, -0.2) is 39.7 Å². The normalized spacial score (nSPS) is 11.8. The van der Waals surface area contributed by atoms with E-state index in [-0.39, 0.29) is 5.91 Å². The average molecular weight is 260 g/mol. The van der Waals surface area contributed by atoms with Gasteiger partial charge in [0.1, 0.15) is 0 Å². The van der Waals surface area contributed by atoms with Gasteiger partial charge in [-0.2, -0.15) is 0 Å². The van der Waals surface area contributed by atoms with Crippen LogP contribution in [0.3, 0.4) is 0 Å². The largest absolute Gasteiger partial charge is 0.389 e. The first-order valence-electron chi connectivity index (χ1n) is 6.31. The average Bonchev–Trinajstić information content (AvgIpc) is 2.64. The van der Waals surface area contributed by atoms with E-state index in [1.807, 2.05) is 42.1 Å². The molecule has 0 bridgehead atoms. The number of hydrogen-bond acceptors (Lipinski definition) is 2. The number of aliphatic hydroxyl groups is 1. The molecule has 2 aromatic rings. The minimum atomic E-state index is -0.894. The van der Waals surface area contributed by atoms with Gasteiger partial charge in [0.2, 0.25) is 0 Å². The highest BCUT2D eigenvalue weighted by molar-refractivity contribution is 6.06. The fraction of sp³-hybridized carbons (Fsp3) is 0.400. The van der Waals surface area contributed by atoms with Crippen LogP contribution in [0.15, 0.2) is 30.5 Å². The van der Waals surface area contributed by atoms with Gasteiger partial charge in [-0.1, -0.05) is 18.2 Å². The number of nitrogens with zero attached hydrogens (tertiary/aromatic N) is 2. The lowest BCUT2D eigenvalue weighted by molar-refractivity contribution is 0.0369. The van der Waals surface area contributed by atoms with Crippen LogP contribution >= 0.6 is 0 Å². The molecule has 102 valence electrons. The summed E-state index contributed by atoms with van der Waals surface area (Å²) in [6, 6.07) is 7.81. The first kappa shape index (κ1) is 13.6. The van der Waals surface area contributed by atoms with Crippen LogP contribution in [-0.2, 0) is 7.05 Å². The number of rotatable bonds is 3. The Balaban J connectivity index is 2.37. The van der Waals surface area contributed by atoms with E-state index in [9.17, 15) is 9.90 Å². The maximum absolute atomic E-state index is 12.5. The number of fused-ring (bicyclic) bond motifs is 1. The van der Waals surface area contributed by atoms with Crippen molar-refractivity contribution in [2.45, 2.75) is 19.4 Å². The van der Waals surface area contributed by atoms with Gasteiger partial charge in [0.15, 0.2) is 0 Å². The first-order valence-corrected chi connectivity index (χ1v) is 6.31. The Labute approximate surface area is 113 Å². The van der Waals surface area contributed by atoms with Gasteiger partial charge in [-0.15, -0.1) is 0 Å². The summed E-state index contributed by atoms with van der Waals surface area (Å²) >= 11 is 0. The number of carbonyl (C=O) groups is 1. The third-order valence-electron chi connectivity index (χ3n) is 3.10. The van der Waals surface area contributed by atoms with Crippen molar-refractivity contribution in [3.63, 3.8) is 0 Å². The summed E-state index contributed by atoms with van der Waals surface area (Å²) in [4.78, 5) is 14.0. The van der Waals surface area contributed by atoms with E-state index in [4.69, 9.17) is 0 Å². The van der Waals surface area contributed by atoms with E-state index in [1.165, 1.54) is 0 Å². The molecule has 1 aromatic carbocycles. The van der Waals surface area contributed by atoms with Crippen LogP contribution in [0.5, 0.6) is 0 Å². The van der Waals surface area contributed by atoms with Crippen molar-refractivity contribution in [1.82, 2.24) is 9.47 Å². The molecule has 4 nitrogen and oxygen atoms in total. The molecule has 2 rings (SSSR count). The molecule has 0 saturated heterocycles. The Morgan fingerprint density at radius 1 is 1.37 bits per heavy atom. The zero-order valence-corrected chi connectivity index (χ0v) is 11.8. The molecular formula is C15H20N2O2. The molecule has 0 radical (unpaired) electrons. The number of benzene rings is 1. The highest BCUT2D eigenvalue weighted by Gasteiger charge is 2.22. The molecular weight excluding hydrogens is 240 g/mol. The molecule has 0 aliphatic heterocycles. The van der Waals surface area contributed by atoms with Crippen LogP contribution in [0.2, 0.25) is 0 Å². The molecule has 0 atom stereocenters. The van der Waals surface area contributed by atoms with Crippen molar-refractivity contribution in [3.05, 3.63) is 36.0 Å². The Kier molecular flexibility index (Phi) is 3.37. The Morgan fingerprint density at radius 3 is 2.63 bits per heavy atom. The maximum Gasteiger partial charge on any atom is 0.255 e. The monoisotopic (exact) mass is 260 g/mol. The zero-order valence-electron chi connectivity index (χ0n) is 11.8. The molecule has 1 aromatic heterocycles. The van der Waals surface area contributed by atoms with Crippen molar-refractivity contribution < 1.29 is 9.90 Å². The molecule has 0 aliphatic rings. The predicted molar refractivity (Wildman–Crippen MR) is 76.2 cm³/mol. The predicted octanol–water partition coefficient (Wildman–Crippen LogP) is 2.02. The summed E-state index contributed by atoms with van der Waals surface area (Å²) in [5, 5.41) is 10.7. The maximum atomic E-state index is 12.5. The van der Waals surface area contributed by atoms with Gasteiger partial charge in [-0.3, -0.25) is 4.79 Å². The van der Waals surface area contributed by atoms with Crippen LogP contribution in [0.4, 0.5) is 0 Å². The van der Waals surface area contributed by atoms with E-state index >= 15 is 0 Å². The van der Waals surface area contributed by atoms with Gasteiger partial charge >= 0.3 is 0 Å². The number of carbonyl (C=O) groups excluding carboxylic acids is 1. The van der Waals surface area contributed by atoms with Gasteiger partial charge in [0.25, 0.3) is 5.91 Å². The van der Waals surface area contributed by atoms with Gasteiger partial charge < -0.3 is 14.6 Å². The SMILES string of the molecule is CN(CC(C)(C)O)C(=O)c1cn(C)c2ccccc12. The van der Waals surface area contributed by atoms with Crippen LogP contribution in [0.25, 0.3) is 10.9 Å². The molecule has 0 aliphatic carbocycles. The number of aromatic nitrogens is 1. The zero-order chi connectivity index (χ0) is 14.2. The van der Waals surface area contributed by atoms with Crippen LogP contribution in [0.1, 0.15) is 24.2 Å². The fourth-order valence-electron chi connectivity index (χ4n) is 2.37. The lowest BCUT2D eigenvalue weighted by atomic mass is 10.1. The second-order valence-electron chi connectivity index (χ2n) is 5.64. The van der Waals surface area contributed by atoms with E-state index in [0.29, 0.717) is 12.1 Å². The van der Waals surface area contributed by atoms with Gasteiger partial charge in [0.05, 0.1) is 11.2 Å². The number of hydrogen-bond donors (Lipinski definition) is 1. The van der Waals surface area contributed by atoms with Crippen LogP contribution in [0, 0.1) is 0 Å². The summed E-state index contributed by atoms with van der Waals surface area (Å²) in [5.74, 6) is -0.0704. The summed E-state index contributed by atoms with van der Waals surface area (Å²) in [5.41, 5.74) is 0.807. The highest BCUT2D eigenvalue weighted by Crippen LogP contribution is 2.21. The Morgan fingerprint density at radius 2 is 2.00 bits per heavy atom. The van der Waals surface area contributed by atoms with E-state index in [0.717, 1.165) is 10.9 Å². The number of likely N-dealkylation sites (N-methyl/N-ethyl adjacent to an activating group) is 1. The van der Waals surface area contributed by atoms with Gasteiger partial charge in [-0.05, 0) is 19.9 Å². The molecule has 0 fully saturated rings. The third kappa shape index (κ3) is 2.79. The number of aryl methyl sites for hydroxylation is 1. The fourth-order valence-corrected chi connectivity index (χ4v) is 2.37. The number of amides is 1. The van der Waals surface area contributed by atoms with E-state index in [2.05, 4.69) is 0 Å². The minimum Gasteiger partial charge on any atom is -0.389 e. The van der Waals surface area contributed by atoms with Gasteiger partial charge in [0, 0.05) is 37.7 Å². The van der Waals surface area contributed by atoms with Gasteiger partial charge in [-0.25, -0.2) is 0 Å². The van der Waals surface area contributed by atoms with Crippen molar-refractivity contribution >= 4 is 16.8 Å². The van der Waals surface area contributed by atoms with E-state index in [1.54, 1.807) is 25.8 Å². The molecule has 19 heavy (non-hydrogen) atoms. The quantitative estimate of drug-likeness (QED) is 0.917. The molecule has 1 heterocycles. The standard InChI is InChI=1S/C15H20N2O2/c1-15(2,19)10-17(4)14(18)12-9-16(3)13-8-6-5-7-11(12)13/h5-9,19H,10H2,1-4H3. The molecule has 0 saturated carbocycles. The second-order valence-corrected chi connectivity index (χ2v) is 5.64. The summed E-state index contributed by atoms with van der Waals surface area (Å²) in [6.07, 6.45) is 1.84. The summed E-state index contributed by atoms with van der Waals surface area (Å²) < 4.78 is 1.94. The summed E-state index contributed by atoms with van der Waals surface area (Å²) in [6.45, 7) is 3.69. The topological polar surface area (TPSA) is 45.5 Å². The smallest absolute Gasteiger partial charge is 0.255 e. The molecule has 4 heteroatoms. The lowest BCUT2D eigenvalue weighted by Crippen LogP contribution is -2.39. The lowest BCUT2D eigenvalue weighted by Gasteiger charge is -2.25. The Hall–Kier alpha value is -1.81. The molecule has 0 spiro atoms. The highest BCUT2D eigenvalue weighted by atomic mass is 16.3. The van der Waals surface area contributed by atoms with Crippen molar-refractivity contribution in [2.75, 3.05) is 13.6 Å².